The average molecular weight is 635 g/mol. The third-order valence-corrected chi connectivity index (χ3v) is 13.3. The molecule has 4 aromatic rings. The number of hydrogen-bond acceptors (Lipinski definition) is 2. The van der Waals surface area contributed by atoms with Crippen molar-refractivity contribution in [2.45, 2.75) is 86.6 Å². The van der Waals surface area contributed by atoms with Gasteiger partial charge in [0.2, 0.25) is 0 Å². The van der Waals surface area contributed by atoms with Crippen LogP contribution in [0.15, 0.2) is 108 Å². The molecule has 4 heteroatoms. The quantitative estimate of drug-likeness (QED) is 0.153. The number of para-hydroxylation sites is 2. The minimum absolute atomic E-state index is 0.0820. The van der Waals surface area contributed by atoms with E-state index in [2.05, 4.69) is 159 Å². The SMILES string of the molecule is Cc1cc(C)cc(P(c2cc(C)cc(C)c2)[C@H](C)C2=C(P(c3ccccc3OC(C)C)c3ccccc3OC(C)C)C=CC2)c1. The lowest BCUT2D eigenvalue weighted by molar-refractivity contribution is 0.244. The van der Waals surface area contributed by atoms with Crippen molar-refractivity contribution in [3.05, 3.63) is 130 Å². The van der Waals surface area contributed by atoms with Crippen LogP contribution in [0.3, 0.4) is 0 Å². The lowest BCUT2D eigenvalue weighted by atomic mass is 10.1. The molecule has 234 valence electrons. The number of aryl methyl sites for hydroxylation is 4. The summed E-state index contributed by atoms with van der Waals surface area (Å²) in [6.45, 7) is 19.8. The lowest BCUT2D eigenvalue weighted by Crippen LogP contribution is -2.24. The summed E-state index contributed by atoms with van der Waals surface area (Å²) in [5.74, 6) is 1.92. The Morgan fingerprint density at radius 2 is 1.00 bits per heavy atom. The Balaban J connectivity index is 1.75. The molecule has 0 saturated carbocycles. The molecule has 1 aliphatic rings. The summed E-state index contributed by atoms with van der Waals surface area (Å²) < 4.78 is 13.0. The molecule has 45 heavy (non-hydrogen) atoms. The molecule has 0 spiro atoms. The van der Waals surface area contributed by atoms with Crippen LogP contribution >= 0.6 is 15.8 Å². The maximum absolute atomic E-state index is 6.50. The van der Waals surface area contributed by atoms with Gasteiger partial charge in [0.15, 0.2) is 0 Å². The molecule has 4 aromatic carbocycles. The fourth-order valence-corrected chi connectivity index (χ4v) is 12.4. The van der Waals surface area contributed by atoms with Gasteiger partial charge in [0.1, 0.15) is 11.5 Å². The standard InChI is InChI=1S/C41H48O2P2/c1-27(2)42-37-16-10-12-18-40(37)45(41-19-13-11-17-38(41)43-28(3)4)39-20-14-15-36(39)33(9)44(34-23-29(5)21-30(6)24-34)35-25-31(7)22-32(8)26-35/h10-14,16-28,33H,15H2,1-9H3/t33-/m1/s1. The maximum Gasteiger partial charge on any atom is 0.128 e. The molecule has 1 atom stereocenters. The molecule has 0 aromatic heterocycles. The predicted molar refractivity (Wildman–Crippen MR) is 199 cm³/mol. The molecule has 0 bridgehead atoms. The normalized spacial score (nSPS) is 13.9. The molecule has 0 unspecified atom stereocenters. The van der Waals surface area contributed by atoms with E-state index in [1.807, 2.05) is 0 Å². The first-order valence-corrected chi connectivity index (χ1v) is 18.9. The van der Waals surface area contributed by atoms with Gasteiger partial charge in [-0.15, -0.1) is 0 Å². The Kier molecular flexibility index (Phi) is 10.7. The van der Waals surface area contributed by atoms with Gasteiger partial charge in [-0.3, -0.25) is 0 Å². The topological polar surface area (TPSA) is 18.5 Å². The molecule has 0 fully saturated rings. The van der Waals surface area contributed by atoms with Crippen LogP contribution in [-0.2, 0) is 0 Å². The fraction of sp³-hybridized carbons (Fsp3) is 0.317. The maximum atomic E-state index is 6.50. The van der Waals surface area contributed by atoms with Gasteiger partial charge in [-0.2, -0.15) is 0 Å². The first kappa shape index (κ1) is 33.2. The van der Waals surface area contributed by atoms with Crippen molar-refractivity contribution < 1.29 is 9.47 Å². The number of benzene rings is 4. The molecule has 1 aliphatic carbocycles. The highest BCUT2D eigenvalue weighted by Crippen LogP contribution is 2.56. The Labute approximate surface area is 274 Å². The second kappa shape index (κ2) is 14.5. The molecule has 0 radical (unpaired) electrons. The molecule has 2 nitrogen and oxygen atoms in total. The molecular formula is C41H48O2P2. The van der Waals surface area contributed by atoms with E-state index in [0.29, 0.717) is 5.66 Å². The second-order valence-electron chi connectivity index (χ2n) is 12.9. The van der Waals surface area contributed by atoms with Crippen molar-refractivity contribution in [3.8, 4) is 11.5 Å². The summed E-state index contributed by atoms with van der Waals surface area (Å²) in [6, 6.07) is 31.6. The van der Waals surface area contributed by atoms with E-state index >= 15 is 0 Å². The van der Waals surface area contributed by atoms with Crippen molar-refractivity contribution in [2.75, 3.05) is 0 Å². The molecule has 0 saturated heterocycles. The molecule has 0 aliphatic heterocycles. The van der Waals surface area contributed by atoms with Crippen molar-refractivity contribution in [1.82, 2.24) is 0 Å². The van der Waals surface area contributed by atoms with Gasteiger partial charge in [-0.05, 0) is 106 Å². The van der Waals surface area contributed by atoms with Crippen LogP contribution in [0.25, 0.3) is 0 Å². The Morgan fingerprint density at radius 3 is 1.42 bits per heavy atom. The van der Waals surface area contributed by atoms with E-state index in [1.54, 1.807) is 0 Å². The van der Waals surface area contributed by atoms with Crippen LogP contribution in [0, 0.1) is 27.7 Å². The summed E-state index contributed by atoms with van der Waals surface area (Å²) in [4.78, 5) is 0. The van der Waals surface area contributed by atoms with Crippen LogP contribution in [0.1, 0.15) is 63.3 Å². The Morgan fingerprint density at radius 1 is 0.578 bits per heavy atom. The third-order valence-electron chi connectivity index (χ3n) is 7.98. The zero-order chi connectivity index (χ0) is 32.2. The van der Waals surface area contributed by atoms with E-state index in [0.717, 1.165) is 17.9 Å². The van der Waals surface area contributed by atoms with Gasteiger partial charge in [0.05, 0.1) is 12.2 Å². The minimum Gasteiger partial charge on any atom is -0.490 e. The van der Waals surface area contributed by atoms with E-state index in [-0.39, 0.29) is 12.2 Å². The summed E-state index contributed by atoms with van der Waals surface area (Å²) in [5, 5.41) is 6.83. The molecular weight excluding hydrogens is 586 g/mol. The lowest BCUT2D eigenvalue weighted by Gasteiger charge is -2.32. The first-order chi connectivity index (χ1) is 21.5. The largest absolute Gasteiger partial charge is 0.490 e. The first-order valence-electron chi connectivity index (χ1n) is 16.2. The van der Waals surface area contributed by atoms with Gasteiger partial charge < -0.3 is 9.47 Å². The second-order valence-corrected chi connectivity index (χ2v) is 17.5. The van der Waals surface area contributed by atoms with Gasteiger partial charge in [-0.25, -0.2) is 0 Å². The fourth-order valence-electron chi connectivity index (χ4n) is 6.42. The minimum atomic E-state index is -0.961. The smallest absolute Gasteiger partial charge is 0.128 e. The zero-order valence-electron chi connectivity index (χ0n) is 28.4. The number of ether oxygens (including phenoxy) is 2. The van der Waals surface area contributed by atoms with E-state index in [4.69, 9.17) is 9.47 Å². The predicted octanol–water partition coefficient (Wildman–Crippen LogP) is 9.66. The monoisotopic (exact) mass is 634 g/mol. The van der Waals surface area contributed by atoms with Crippen LogP contribution in [0.2, 0.25) is 0 Å². The Hall–Kier alpha value is -3.18. The molecule has 0 heterocycles. The van der Waals surface area contributed by atoms with Gasteiger partial charge in [0, 0.05) is 16.3 Å². The van der Waals surface area contributed by atoms with E-state index in [9.17, 15) is 0 Å². The molecule has 0 N–H and O–H groups in total. The summed E-state index contributed by atoms with van der Waals surface area (Å²) in [5.41, 5.74) is 7.19. The van der Waals surface area contributed by atoms with Crippen molar-refractivity contribution in [2.24, 2.45) is 0 Å². The van der Waals surface area contributed by atoms with E-state index in [1.165, 1.54) is 54.4 Å². The van der Waals surface area contributed by atoms with E-state index < -0.39 is 15.8 Å². The summed E-state index contributed by atoms with van der Waals surface area (Å²) in [7, 11) is -1.63. The van der Waals surface area contributed by atoms with Crippen molar-refractivity contribution >= 4 is 37.1 Å². The van der Waals surface area contributed by atoms with Gasteiger partial charge in [-0.1, -0.05) is 120 Å². The number of hydrogen-bond donors (Lipinski definition) is 0. The number of allylic oxidation sites excluding steroid dienone is 4. The third kappa shape index (κ3) is 7.80. The van der Waals surface area contributed by atoms with Crippen LogP contribution in [0.5, 0.6) is 11.5 Å². The summed E-state index contributed by atoms with van der Waals surface area (Å²) >= 11 is 0. The van der Waals surface area contributed by atoms with Crippen LogP contribution in [-0.4, -0.2) is 17.9 Å². The van der Waals surface area contributed by atoms with Gasteiger partial charge >= 0.3 is 0 Å². The van der Waals surface area contributed by atoms with Gasteiger partial charge in [0.25, 0.3) is 0 Å². The average Bonchev–Trinajstić information content (AvgIpc) is 3.43. The van der Waals surface area contributed by atoms with Crippen LogP contribution < -0.4 is 30.7 Å². The van der Waals surface area contributed by atoms with Crippen molar-refractivity contribution in [3.63, 3.8) is 0 Å². The van der Waals surface area contributed by atoms with Crippen LogP contribution in [0.4, 0.5) is 0 Å². The number of rotatable bonds is 11. The highest BCUT2D eigenvalue weighted by Gasteiger charge is 2.33. The highest BCUT2D eigenvalue weighted by molar-refractivity contribution is 7.77. The van der Waals surface area contributed by atoms with Crippen molar-refractivity contribution in [1.29, 1.82) is 0 Å². The molecule has 5 rings (SSSR count). The Bertz CT molecular complexity index is 1570. The zero-order valence-corrected chi connectivity index (χ0v) is 30.2. The molecule has 0 amide bonds. The highest BCUT2D eigenvalue weighted by atomic mass is 31.1. The summed E-state index contributed by atoms with van der Waals surface area (Å²) in [6.07, 6.45) is 5.92.